The number of halogens is 2. The maximum atomic E-state index is 12.8. The number of carbonyl (C=O) groups excluding carboxylic acids is 1. The van der Waals surface area contributed by atoms with E-state index in [1.165, 1.54) is 0 Å². The zero-order valence-corrected chi connectivity index (χ0v) is 19.0. The summed E-state index contributed by atoms with van der Waals surface area (Å²) in [7, 11) is 0. The summed E-state index contributed by atoms with van der Waals surface area (Å²) in [6.07, 6.45) is 0.699. The van der Waals surface area contributed by atoms with Crippen LogP contribution in [0.25, 0.3) is 0 Å². The van der Waals surface area contributed by atoms with Gasteiger partial charge in [-0.15, -0.1) is 0 Å². The highest BCUT2D eigenvalue weighted by atomic mass is 79.9. The van der Waals surface area contributed by atoms with Gasteiger partial charge in [0, 0.05) is 5.56 Å². The van der Waals surface area contributed by atoms with Crippen molar-refractivity contribution >= 4 is 37.8 Å². The summed E-state index contributed by atoms with van der Waals surface area (Å²) in [6, 6.07) is 18.4. The summed E-state index contributed by atoms with van der Waals surface area (Å²) in [5.74, 6) is 0.256. The van der Waals surface area contributed by atoms with Crippen molar-refractivity contribution in [2.24, 2.45) is 11.3 Å². The van der Waals surface area contributed by atoms with Crippen LogP contribution in [0.15, 0.2) is 64.1 Å². The van der Waals surface area contributed by atoms with Gasteiger partial charge in [0.15, 0.2) is 0 Å². The van der Waals surface area contributed by atoms with Crippen LogP contribution in [-0.2, 0) is 9.53 Å². The predicted octanol–water partition coefficient (Wildman–Crippen LogP) is 6.88. The number of carbonyl (C=O) groups is 1. The smallest absolute Gasteiger partial charge is 0.315 e. The van der Waals surface area contributed by atoms with E-state index in [4.69, 9.17) is 9.47 Å². The Labute approximate surface area is 182 Å². The van der Waals surface area contributed by atoms with Gasteiger partial charge >= 0.3 is 5.97 Å². The van der Waals surface area contributed by atoms with Crippen LogP contribution in [-0.4, -0.2) is 5.97 Å². The molecule has 0 saturated heterocycles. The standard InChI is InChI=1S/C22H21Br2NO3/c1-22(2,3)18(13-20(23)24)21(26)28-19(14-25)15-8-7-11-17(12-15)27-16-9-5-4-6-10-16/h4-13,18-19H,1-3H3. The first kappa shape index (κ1) is 22.2. The molecule has 0 N–H and O–H groups in total. The molecule has 0 radical (unpaired) electrons. The second-order valence-electron chi connectivity index (χ2n) is 7.23. The molecule has 2 unspecified atom stereocenters. The van der Waals surface area contributed by atoms with Crippen molar-refractivity contribution in [2.45, 2.75) is 26.9 Å². The molecule has 0 aliphatic rings. The highest BCUT2D eigenvalue weighted by molar-refractivity contribution is 9.28. The van der Waals surface area contributed by atoms with Gasteiger partial charge in [-0.25, -0.2) is 0 Å². The van der Waals surface area contributed by atoms with E-state index in [2.05, 4.69) is 37.9 Å². The minimum Gasteiger partial charge on any atom is -0.457 e. The monoisotopic (exact) mass is 505 g/mol. The fourth-order valence-electron chi connectivity index (χ4n) is 2.52. The van der Waals surface area contributed by atoms with E-state index < -0.39 is 18.0 Å². The summed E-state index contributed by atoms with van der Waals surface area (Å²) in [5, 5.41) is 9.57. The molecule has 0 aromatic heterocycles. The molecule has 2 aromatic carbocycles. The Morgan fingerprint density at radius 1 is 1.07 bits per heavy atom. The minimum atomic E-state index is -1.03. The SMILES string of the molecule is CC(C)(C)C(C=C(Br)Br)C(=O)OC(C#N)c1cccc(Oc2ccccc2)c1. The predicted molar refractivity (Wildman–Crippen MR) is 116 cm³/mol. The van der Waals surface area contributed by atoms with Crippen LogP contribution >= 0.6 is 31.9 Å². The Morgan fingerprint density at radius 2 is 1.71 bits per heavy atom. The molecule has 2 atom stereocenters. The van der Waals surface area contributed by atoms with Crippen molar-refractivity contribution in [3.05, 3.63) is 69.6 Å². The Hall–Kier alpha value is -2.10. The van der Waals surface area contributed by atoms with Gasteiger partial charge in [0.1, 0.15) is 17.6 Å². The summed E-state index contributed by atoms with van der Waals surface area (Å²) < 4.78 is 12.0. The van der Waals surface area contributed by atoms with Crippen LogP contribution in [0.2, 0.25) is 0 Å². The second kappa shape index (κ2) is 9.90. The molecule has 0 heterocycles. The van der Waals surface area contributed by atoms with E-state index in [9.17, 15) is 10.1 Å². The van der Waals surface area contributed by atoms with Crippen LogP contribution in [0.1, 0.15) is 32.4 Å². The number of esters is 1. The molecule has 2 aromatic rings. The van der Waals surface area contributed by atoms with Crippen LogP contribution in [0.3, 0.4) is 0 Å². The van der Waals surface area contributed by atoms with Crippen LogP contribution in [0.4, 0.5) is 0 Å². The molecule has 0 fully saturated rings. The Kier molecular flexibility index (Phi) is 7.85. The van der Waals surface area contributed by atoms with Gasteiger partial charge in [0.2, 0.25) is 6.10 Å². The second-order valence-corrected chi connectivity index (χ2v) is 10.0. The average molecular weight is 507 g/mol. The lowest BCUT2D eigenvalue weighted by Crippen LogP contribution is -2.29. The van der Waals surface area contributed by atoms with E-state index in [1.807, 2.05) is 51.1 Å². The van der Waals surface area contributed by atoms with Crippen molar-refractivity contribution in [2.75, 3.05) is 0 Å². The third-order valence-corrected chi connectivity index (χ3v) is 4.50. The number of hydrogen-bond donors (Lipinski definition) is 0. The van der Waals surface area contributed by atoms with Gasteiger partial charge in [0.05, 0.1) is 9.31 Å². The topological polar surface area (TPSA) is 59.3 Å². The van der Waals surface area contributed by atoms with E-state index in [0.29, 0.717) is 20.5 Å². The van der Waals surface area contributed by atoms with Crippen molar-refractivity contribution < 1.29 is 14.3 Å². The van der Waals surface area contributed by atoms with Gasteiger partial charge < -0.3 is 9.47 Å². The minimum absolute atomic E-state index is 0.373. The van der Waals surface area contributed by atoms with Gasteiger partial charge in [-0.1, -0.05) is 51.1 Å². The molecule has 0 saturated carbocycles. The first-order valence-electron chi connectivity index (χ1n) is 8.66. The molecule has 6 heteroatoms. The normalized spacial score (nSPS) is 13.0. The zero-order valence-electron chi connectivity index (χ0n) is 15.9. The molecule has 0 bridgehead atoms. The first-order chi connectivity index (χ1) is 13.2. The molecule has 0 aliphatic carbocycles. The van der Waals surface area contributed by atoms with E-state index in [-0.39, 0.29) is 5.41 Å². The summed E-state index contributed by atoms with van der Waals surface area (Å²) in [5.41, 5.74) is 0.182. The van der Waals surface area contributed by atoms with E-state index >= 15 is 0 Å². The number of rotatable bonds is 6. The highest BCUT2D eigenvalue weighted by Gasteiger charge is 2.33. The Bertz CT molecular complexity index is 879. The van der Waals surface area contributed by atoms with E-state index in [1.54, 1.807) is 30.3 Å². The summed E-state index contributed by atoms with van der Waals surface area (Å²) in [6.45, 7) is 5.82. The third-order valence-electron chi connectivity index (χ3n) is 3.97. The largest absolute Gasteiger partial charge is 0.457 e. The molecular formula is C22H21Br2NO3. The molecule has 28 heavy (non-hydrogen) atoms. The number of nitriles is 1. The number of ether oxygens (including phenoxy) is 2. The third kappa shape index (κ3) is 6.50. The molecule has 2 rings (SSSR count). The molecule has 146 valence electrons. The lowest BCUT2D eigenvalue weighted by Gasteiger charge is -2.27. The van der Waals surface area contributed by atoms with Crippen LogP contribution in [0.5, 0.6) is 11.5 Å². The first-order valence-corrected chi connectivity index (χ1v) is 10.2. The van der Waals surface area contributed by atoms with Gasteiger partial charge in [-0.2, -0.15) is 5.26 Å². The molecule has 0 aliphatic heterocycles. The van der Waals surface area contributed by atoms with Crippen molar-refractivity contribution in [3.63, 3.8) is 0 Å². The van der Waals surface area contributed by atoms with Crippen LogP contribution in [0, 0.1) is 22.7 Å². The molecule has 0 spiro atoms. The fraction of sp³-hybridized carbons (Fsp3) is 0.273. The fourth-order valence-corrected chi connectivity index (χ4v) is 3.05. The zero-order chi connectivity index (χ0) is 20.7. The van der Waals surface area contributed by atoms with Crippen molar-refractivity contribution in [1.29, 1.82) is 5.26 Å². The lowest BCUT2D eigenvalue weighted by molar-refractivity contribution is -0.153. The molecule has 4 nitrogen and oxygen atoms in total. The Balaban J connectivity index is 2.21. The average Bonchev–Trinajstić information content (AvgIpc) is 2.64. The number of hydrogen-bond acceptors (Lipinski definition) is 4. The summed E-state index contributed by atoms with van der Waals surface area (Å²) in [4.78, 5) is 12.8. The summed E-state index contributed by atoms with van der Waals surface area (Å²) >= 11 is 6.59. The number of nitrogens with zero attached hydrogens (tertiary/aromatic N) is 1. The van der Waals surface area contributed by atoms with Crippen LogP contribution < -0.4 is 4.74 Å². The molecular weight excluding hydrogens is 486 g/mol. The number of benzene rings is 2. The quantitative estimate of drug-likeness (QED) is 0.400. The van der Waals surface area contributed by atoms with Crippen molar-refractivity contribution in [1.82, 2.24) is 0 Å². The van der Waals surface area contributed by atoms with Gasteiger partial charge in [-0.05, 0) is 67.6 Å². The Morgan fingerprint density at radius 3 is 2.29 bits per heavy atom. The maximum Gasteiger partial charge on any atom is 0.315 e. The van der Waals surface area contributed by atoms with Gasteiger partial charge in [0.25, 0.3) is 0 Å². The maximum absolute atomic E-state index is 12.8. The van der Waals surface area contributed by atoms with Gasteiger partial charge in [-0.3, -0.25) is 4.79 Å². The lowest BCUT2D eigenvalue weighted by atomic mass is 9.81. The molecule has 0 amide bonds. The highest BCUT2D eigenvalue weighted by Crippen LogP contribution is 2.33. The number of para-hydroxylation sites is 1. The van der Waals surface area contributed by atoms with E-state index in [0.717, 1.165) is 0 Å². The van der Waals surface area contributed by atoms with Crippen molar-refractivity contribution in [3.8, 4) is 17.6 Å².